The third-order valence-electron chi connectivity index (χ3n) is 4.43. The highest BCUT2D eigenvalue weighted by Gasteiger charge is 2.11. The van der Waals surface area contributed by atoms with Crippen molar-refractivity contribution in [1.82, 2.24) is 20.4 Å². The summed E-state index contributed by atoms with van der Waals surface area (Å²) < 4.78 is 5.25. The zero-order valence-electron chi connectivity index (χ0n) is 16.9. The Labute approximate surface area is 180 Å². The minimum atomic E-state index is -0.0724. The smallest absolute Gasteiger partial charge is 0.253 e. The maximum atomic E-state index is 12.1. The molecule has 0 unspecified atom stereocenters. The molecule has 1 N–H and O–H groups in total. The highest BCUT2D eigenvalue weighted by molar-refractivity contribution is 6.30. The van der Waals surface area contributed by atoms with Crippen molar-refractivity contribution < 1.29 is 14.1 Å². The molecule has 2 aromatic carbocycles. The Hall–Kier alpha value is -3.19. The van der Waals surface area contributed by atoms with Crippen LogP contribution < -0.4 is 5.32 Å². The molecule has 0 bridgehead atoms. The molecule has 3 rings (SSSR count). The third-order valence-corrected chi connectivity index (χ3v) is 4.69. The molecule has 0 aliphatic heterocycles. The summed E-state index contributed by atoms with van der Waals surface area (Å²) in [4.78, 5) is 30.0. The molecule has 7 nitrogen and oxygen atoms in total. The molecule has 2 amide bonds. The van der Waals surface area contributed by atoms with Crippen LogP contribution >= 0.6 is 11.6 Å². The summed E-state index contributed by atoms with van der Waals surface area (Å²) >= 11 is 5.88. The van der Waals surface area contributed by atoms with E-state index in [1.165, 1.54) is 4.90 Å². The Morgan fingerprint density at radius 3 is 2.63 bits per heavy atom. The fourth-order valence-electron chi connectivity index (χ4n) is 2.83. The second kappa shape index (κ2) is 10.0. The molecular weight excluding hydrogens is 404 g/mol. The van der Waals surface area contributed by atoms with Gasteiger partial charge in [0, 0.05) is 49.6 Å². The van der Waals surface area contributed by atoms with Crippen LogP contribution in [0.25, 0.3) is 11.4 Å². The van der Waals surface area contributed by atoms with Gasteiger partial charge in [0.15, 0.2) is 0 Å². The highest BCUT2D eigenvalue weighted by Crippen LogP contribution is 2.19. The number of halogens is 1. The van der Waals surface area contributed by atoms with Crippen LogP contribution in [0, 0.1) is 0 Å². The first kappa shape index (κ1) is 21.5. The summed E-state index contributed by atoms with van der Waals surface area (Å²) in [5.74, 6) is 0.846. The van der Waals surface area contributed by atoms with Crippen molar-refractivity contribution in [2.75, 3.05) is 14.1 Å². The van der Waals surface area contributed by atoms with Crippen molar-refractivity contribution in [3.8, 4) is 11.4 Å². The predicted octanol–water partition coefficient (Wildman–Crippen LogP) is 3.73. The standard InChI is InChI=1S/C22H23ClN4O3/c1-27(2)22(29)17-6-3-5-15(13-17)14-24-19(28)7-4-8-20-25-21(26-30-20)16-9-11-18(23)12-10-16/h3,5-6,9-13H,4,7-8,14H2,1-2H3,(H,24,28). The maximum absolute atomic E-state index is 12.1. The molecular formula is C22H23ClN4O3. The lowest BCUT2D eigenvalue weighted by Gasteiger charge is -2.11. The van der Waals surface area contributed by atoms with Crippen LogP contribution in [0.2, 0.25) is 5.02 Å². The van der Waals surface area contributed by atoms with Crippen LogP contribution in [0.1, 0.15) is 34.7 Å². The first-order valence-electron chi connectivity index (χ1n) is 9.58. The molecule has 0 saturated heterocycles. The molecule has 0 spiro atoms. The van der Waals surface area contributed by atoms with Gasteiger partial charge >= 0.3 is 0 Å². The van der Waals surface area contributed by atoms with Gasteiger partial charge in [0.2, 0.25) is 17.6 Å². The lowest BCUT2D eigenvalue weighted by molar-refractivity contribution is -0.121. The molecule has 0 saturated carbocycles. The SMILES string of the molecule is CN(C)C(=O)c1cccc(CNC(=O)CCCc2nc(-c3ccc(Cl)cc3)no2)c1. The number of hydrogen-bond donors (Lipinski definition) is 1. The summed E-state index contributed by atoms with van der Waals surface area (Å²) in [6, 6.07) is 14.4. The molecule has 0 fully saturated rings. The van der Waals surface area contributed by atoms with Crippen molar-refractivity contribution in [2.24, 2.45) is 0 Å². The summed E-state index contributed by atoms with van der Waals surface area (Å²) in [7, 11) is 3.41. The molecule has 30 heavy (non-hydrogen) atoms. The molecule has 156 valence electrons. The van der Waals surface area contributed by atoms with Gasteiger partial charge in [-0.3, -0.25) is 9.59 Å². The van der Waals surface area contributed by atoms with E-state index < -0.39 is 0 Å². The number of hydrogen-bond acceptors (Lipinski definition) is 5. The molecule has 0 aliphatic carbocycles. The topological polar surface area (TPSA) is 88.3 Å². The van der Waals surface area contributed by atoms with Crippen molar-refractivity contribution >= 4 is 23.4 Å². The number of nitrogens with zero attached hydrogens (tertiary/aromatic N) is 3. The van der Waals surface area contributed by atoms with E-state index in [0.29, 0.717) is 48.1 Å². The van der Waals surface area contributed by atoms with Gasteiger partial charge in [-0.25, -0.2) is 0 Å². The van der Waals surface area contributed by atoms with Gasteiger partial charge in [0.05, 0.1) is 0 Å². The van der Waals surface area contributed by atoms with Gasteiger partial charge in [-0.2, -0.15) is 4.98 Å². The Kier molecular flexibility index (Phi) is 7.19. The number of carbonyl (C=O) groups excluding carboxylic acids is 2. The second-order valence-electron chi connectivity index (χ2n) is 7.05. The average Bonchev–Trinajstić information content (AvgIpc) is 3.21. The Morgan fingerprint density at radius 1 is 1.13 bits per heavy atom. The quantitative estimate of drug-likeness (QED) is 0.592. The lowest BCUT2D eigenvalue weighted by Crippen LogP contribution is -2.24. The van der Waals surface area contributed by atoms with Crippen LogP contribution in [-0.2, 0) is 17.8 Å². The molecule has 0 atom stereocenters. The first-order valence-corrected chi connectivity index (χ1v) is 9.96. The monoisotopic (exact) mass is 426 g/mol. The summed E-state index contributed by atoms with van der Waals surface area (Å²) in [5.41, 5.74) is 2.29. The van der Waals surface area contributed by atoms with E-state index in [1.807, 2.05) is 24.3 Å². The number of aromatic nitrogens is 2. The van der Waals surface area contributed by atoms with E-state index in [-0.39, 0.29) is 11.8 Å². The van der Waals surface area contributed by atoms with Gasteiger partial charge in [0.25, 0.3) is 5.91 Å². The van der Waals surface area contributed by atoms with Crippen LogP contribution in [0.4, 0.5) is 0 Å². The number of nitrogens with one attached hydrogen (secondary N) is 1. The summed E-state index contributed by atoms with van der Waals surface area (Å²) in [6.07, 6.45) is 1.45. The average molecular weight is 427 g/mol. The zero-order chi connectivity index (χ0) is 21.5. The third kappa shape index (κ3) is 5.90. The van der Waals surface area contributed by atoms with Gasteiger partial charge in [0.1, 0.15) is 0 Å². The van der Waals surface area contributed by atoms with Crippen LogP contribution in [0.3, 0.4) is 0 Å². The van der Waals surface area contributed by atoms with E-state index in [0.717, 1.165) is 11.1 Å². The van der Waals surface area contributed by atoms with E-state index in [4.69, 9.17) is 16.1 Å². The van der Waals surface area contributed by atoms with Crippen LogP contribution in [0.5, 0.6) is 0 Å². The van der Waals surface area contributed by atoms with Crippen LogP contribution in [0.15, 0.2) is 53.1 Å². The zero-order valence-corrected chi connectivity index (χ0v) is 17.6. The Balaban J connectivity index is 1.44. The highest BCUT2D eigenvalue weighted by atomic mass is 35.5. The fraction of sp³-hybridized carbons (Fsp3) is 0.273. The molecule has 0 aliphatic rings. The minimum absolute atomic E-state index is 0.0688. The van der Waals surface area contributed by atoms with Crippen molar-refractivity contribution in [3.05, 3.63) is 70.6 Å². The molecule has 3 aromatic rings. The normalized spacial score (nSPS) is 10.6. The number of amides is 2. The minimum Gasteiger partial charge on any atom is -0.352 e. The fourth-order valence-corrected chi connectivity index (χ4v) is 2.96. The van der Waals surface area contributed by atoms with Gasteiger partial charge in [-0.1, -0.05) is 28.9 Å². The predicted molar refractivity (Wildman–Crippen MR) is 114 cm³/mol. The maximum Gasteiger partial charge on any atom is 0.253 e. The van der Waals surface area contributed by atoms with E-state index in [9.17, 15) is 9.59 Å². The van der Waals surface area contributed by atoms with Crippen molar-refractivity contribution in [3.63, 3.8) is 0 Å². The first-order chi connectivity index (χ1) is 14.4. The van der Waals surface area contributed by atoms with Crippen molar-refractivity contribution in [1.29, 1.82) is 0 Å². The van der Waals surface area contributed by atoms with Gasteiger partial charge < -0.3 is 14.7 Å². The van der Waals surface area contributed by atoms with E-state index >= 15 is 0 Å². The van der Waals surface area contributed by atoms with Gasteiger partial charge in [-0.05, 0) is 48.4 Å². The Morgan fingerprint density at radius 2 is 1.90 bits per heavy atom. The van der Waals surface area contributed by atoms with Crippen LogP contribution in [-0.4, -0.2) is 41.0 Å². The van der Waals surface area contributed by atoms with E-state index in [2.05, 4.69) is 15.5 Å². The molecule has 0 radical (unpaired) electrons. The molecule has 1 heterocycles. The number of benzene rings is 2. The molecule has 1 aromatic heterocycles. The second-order valence-corrected chi connectivity index (χ2v) is 7.49. The number of carbonyl (C=O) groups is 2. The van der Waals surface area contributed by atoms with Gasteiger partial charge in [-0.15, -0.1) is 0 Å². The molecule has 8 heteroatoms. The van der Waals surface area contributed by atoms with E-state index in [1.54, 1.807) is 38.4 Å². The van der Waals surface area contributed by atoms with Crippen molar-refractivity contribution in [2.45, 2.75) is 25.8 Å². The largest absolute Gasteiger partial charge is 0.352 e. The number of rotatable bonds is 8. The summed E-state index contributed by atoms with van der Waals surface area (Å²) in [5, 5.41) is 7.48. The summed E-state index contributed by atoms with van der Waals surface area (Å²) in [6.45, 7) is 0.370. The number of aryl methyl sites for hydroxylation is 1. The Bertz CT molecular complexity index is 1020. The lowest BCUT2D eigenvalue weighted by atomic mass is 10.1.